The molecule has 4 aromatic heterocycles. The fourth-order valence-corrected chi connectivity index (χ4v) is 6.77. The summed E-state index contributed by atoms with van der Waals surface area (Å²) in [5.41, 5.74) is 3.47. The number of thiazole rings is 1. The van der Waals surface area contributed by atoms with Gasteiger partial charge in [-0.25, -0.2) is 9.97 Å². The van der Waals surface area contributed by atoms with Crippen molar-refractivity contribution in [2.75, 3.05) is 6.61 Å². The quantitative estimate of drug-likeness (QED) is 0.113. The molecule has 0 unspecified atom stereocenters. The van der Waals surface area contributed by atoms with E-state index >= 15 is 0 Å². The first-order valence-electron chi connectivity index (χ1n) is 12.6. The van der Waals surface area contributed by atoms with Gasteiger partial charge in [-0.3, -0.25) is 23.1 Å². The summed E-state index contributed by atoms with van der Waals surface area (Å²) in [6.07, 6.45) is 1.54. The summed E-state index contributed by atoms with van der Waals surface area (Å²) in [7, 11) is 0. The Morgan fingerprint density at radius 1 is 1.02 bits per heavy atom. The normalized spacial score (nSPS) is 11.4. The Balaban J connectivity index is 1.53. The van der Waals surface area contributed by atoms with E-state index in [-0.39, 0.29) is 11.1 Å². The molecular formula is C29H22ClN5O3S3. The lowest BCUT2D eigenvalue weighted by Crippen LogP contribution is -2.21. The van der Waals surface area contributed by atoms with E-state index in [9.17, 15) is 9.59 Å². The molecule has 2 aromatic carbocycles. The molecule has 0 aliphatic heterocycles. The van der Waals surface area contributed by atoms with E-state index in [4.69, 9.17) is 33.5 Å². The smallest absolute Gasteiger partial charge is 0.278 e. The first-order valence-corrected chi connectivity index (χ1v) is 15.2. The molecule has 0 N–H and O–H groups in total. The molecule has 41 heavy (non-hydrogen) atoms. The summed E-state index contributed by atoms with van der Waals surface area (Å²) in [4.78, 5) is 36.4. The number of rotatable bonds is 7. The van der Waals surface area contributed by atoms with Crippen LogP contribution in [0.1, 0.15) is 18.2 Å². The van der Waals surface area contributed by atoms with E-state index in [1.807, 2.05) is 62.4 Å². The Morgan fingerprint density at radius 2 is 1.80 bits per heavy atom. The number of ether oxygens (including phenoxy) is 1. The zero-order chi connectivity index (χ0) is 28.7. The molecule has 0 saturated heterocycles. The van der Waals surface area contributed by atoms with Crippen LogP contribution in [0.25, 0.3) is 27.4 Å². The fourth-order valence-electron chi connectivity index (χ4n) is 4.42. The van der Waals surface area contributed by atoms with Crippen molar-refractivity contribution in [1.29, 1.82) is 0 Å². The van der Waals surface area contributed by atoms with Crippen molar-refractivity contribution in [1.82, 2.24) is 23.5 Å². The van der Waals surface area contributed by atoms with Crippen molar-refractivity contribution in [3.05, 3.63) is 114 Å². The van der Waals surface area contributed by atoms with Gasteiger partial charge in [-0.1, -0.05) is 64.5 Å². The van der Waals surface area contributed by atoms with Crippen molar-refractivity contribution in [2.24, 2.45) is 0 Å². The zero-order valence-electron chi connectivity index (χ0n) is 21.9. The number of hydrogen-bond donors (Lipinski definition) is 0. The van der Waals surface area contributed by atoms with E-state index in [0.717, 1.165) is 5.56 Å². The maximum atomic E-state index is 14.1. The number of hydrogen-bond acceptors (Lipinski definition) is 8. The standard InChI is InChI=1S/C29H22ClN5O3S3/c1-3-38-22-7-5-4-6-21(22)35-26-25(41-29(35)39)27(37)34(20-11-8-17(2)9-12-20)28(32-26)40-16-19-14-24(36)33-15-18(30)10-13-23(33)31-19/h4-15H,3,16H2,1-2H3. The maximum Gasteiger partial charge on any atom is 0.278 e. The number of pyridine rings is 1. The number of aromatic nitrogens is 5. The third kappa shape index (κ3) is 5.21. The number of nitrogens with zero attached hydrogens (tertiary/aromatic N) is 5. The summed E-state index contributed by atoms with van der Waals surface area (Å²) >= 11 is 14.3. The van der Waals surface area contributed by atoms with Gasteiger partial charge in [-0.05, 0) is 62.5 Å². The Kier molecular flexibility index (Phi) is 7.52. The van der Waals surface area contributed by atoms with Gasteiger partial charge in [0.1, 0.15) is 16.1 Å². The Bertz CT molecular complexity index is 2120. The largest absolute Gasteiger partial charge is 0.492 e. The summed E-state index contributed by atoms with van der Waals surface area (Å²) in [5, 5.41) is 0.888. The zero-order valence-corrected chi connectivity index (χ0v) is 25.1. The van der Waals surface area contributed by atoms with Crippen LogP contribution in [0.5, 0.6) is 5.75 Å². The van der Waals surface area contributed by atoms with Gasteiger partial charge in [0, 0.05) is 18.0 Å². The highest BCUT2D eigenvalue weighted by molar-refractivity contribution is 7.98. The Labute approximate surface area is 252 Å². The Hall–Kier alpha value is -3.77. The number of halogens is 1. The molecule has 0 saturated carbocycles. The van der Waals surface area contributed by atoms with E-state index in [2.05, 4.69) is 4.98 Å². The average molecular weight is 620 g/mol. The minimum absolute atomic E-state index is 0.230. The molecule has 0 radical (unpaired) electrons. The van der Waals surface area contributed by atoms with Crippen molar-refractivity contribution in [3.63, 3.8) is 0 Å². The van der Waals surface area contributed by atoms with Gasteiger partial charge in [0.2, 0.25) is 0 Å². The van der Waals surface area contributed by atoms with Crippen LogP contribution in [0.4, 0.5) is 0 Å². The lowest BCUT2D eigenvalue weighted by atomic mass is 10.2. The van der Waals surface area contributed by atoms with Crippen LogP contribution in [0, 0.1) is 10.9 Å². The maximum absolute atomic E-state index is 14.1. The van der Waals surface area contributed by atoms with Gasteiger partial charge >= 0.3 is 0 Å². The molecule has 0 fully saturated rings. The Morgan fingerprint density at radius 3 is 2.59 bits per heavy atom. The highest BCUT2D eigenvalue weighted by Gasteiger charge is 2.21. The van der Waals surface area contributed by atoms with Crippen LogP contribution in [0.15, 0.2) is 87.7 Å². The van der Waals surface area contributed by atoms with E-state index in [0.29, 0.717) is 65.3 Å². The third-order valence-electron chi connectivity index (χ3n) is 6.30. The molecular weight excluding hydrogens is 598 g/mol. The van der Waals surface area contributed by atoms with Crippen LogP contribution in [-0.2, 0) is 5.75 Å². The van der Waals surface area contributed by atoms with Crippen LogP contribution < -0.4 is 15.9 Å². The second-order valence-electron chi connectivity index (χ2n) is 9.08. The second-order valence-corrected chi connectivity index (χ2v) is 12.1. The number of thioether (sulfide) groups is 1. The molecule has 206 valence electrons. The van der Waals surface area contributed by atoms with E-state index in [1.54, 1.807) is 21.3 Å². The molecule has 8 nitrogen and oxygen atoms in total. The summed E-state index contributed by atoms with van der Waals surface area (Å²) in [5.74, 6) is 0.948. The summed E-state index contributed by atoms with van der Waals surface area (Å²) in [6, 6.07) is 20.1. The van der Waals surface area contributed by atoms with Crippen molar-refractivity contribution >= 4 is 62.9 Å². The average Bonchev–Trinajstić information content (AvgIpc) is 3.29. The topological polar surface area (TPSA) is 83.4 Å². The van der Waals surface area contributed by atoms with E-state index < -0.39 is 0 Å². The first kappa shape index (κ1) is 27.4. The van der Waals surface area contributed by atoms with Crippen molar-refractivity contribution < 1.29 is 4.74 Å². The van der Waals surface area contributed by atoms with Gasteiger partial charge in [-0.2, -0.15) is 0 Å². The number of fused-ring (bicyclic) bond motifs is 2. The minimum Gasteiger partial charge on any atom is -0.492 e. The van der Waals surface area contributed by atoms with Crippen molar-refractivity contribution in [3.8, 4) is 17.1 Å². The molecule has 0 amide bonds. The third-order valence-corrected chi connectivity index (χ3v) is 8.85. The highest BCUT2D eigenvalue weighted by atomic mass is 35.5. The van der Waals surface area contributed by atoms with Gasteiger partial charge in [0.15, 0.2) is 14.8 Å². The van der Waals surface area contributed by atoms with E-state index in [1.165, 1.54) is 39.8 Å². The van der Waals surface area contributed by atoms with Crippen LogP contribution in [-0.4, -0.2) is 30.1 Å². The second kappa shape index (κ2) is 11.2. The minimum atomic E-state index is -0.244. The number of benzene rings is 2. The molecule has 6 aromatic rings. The predicted octanol–water partition coefficient (Wildman–Crippen LogP) is 6.63. The molecule has 4 heterocycles. The van der Waals surface area contributed by atoms with Crippen molar-refractivity contribution in [2.45, 2.75) is 24.8 Å². The molecule has 0 aliphatic rings. The van der Waals surface area contributed by atoms with Gasteiger partial charge in [0.05, 0.1) is 28.7 Å². The number of aryl methyl sites for hydroxylation is 1. The number of para-hydroxylation sites is 2. The highest BCUT2D eigenvalue weighted by Crippen LogP contribution is 2.32. The molecule has 0 bridgehead atoms. The fraction of sp³-hybridized carbons (Fsp3) is 0.138. The van der Waals surface area contributed by atoms with Crippen LogP contribution in [0.3, 0.4) is 0 Å². The van der Waals surface area contributed by atoms with Gasteiger partial charge in [0.25, 0.3) is 11.1 Å². The summed E-state index contributed by atoms with van der Waals surface area (Å²) in [6.45, 7) is 4.38. The van der Waals surface area contributed by atoms with Gasteiger partial charge in [-0.15, -0.1) is 0 Å². The lowest BCUT2D eigenvalue weighted by Gasteiger charge is -2.14. The molecule has 0 spiro atoms. The SMILES string of the molecule is CCOc1ccccc1-n1c(=S)sc2c(=O)n(-c3ccc(C)cc3)c(SCc3cc(=O)n4cc(Cl)ccc4n3)nc21. The lowest BCUT2D eigenvalue weighted by molar-refractivity contribution is 0.339. The van der Waals surface area contributed by atoms with Gasteiger partial charge < -0.3 is 4.74 Å². The monoisotopic (exact) mass is 619 g/mol. The predicted molar refractivity (Wildman–Crippen MR) is 167 cm³/mol. The van der Waals surface area contributed by atoms with Crippen LogP contribution >= 0.6 is 46.9 Å². The molecule has 12 heteroatoms. The molecule has 6 rings (SSSR count). The molecule has 0 aliphatic carbocycles. The molecule has 0 atom stereocenters. The summed E-state index contributed by atoms with van der Waals surface area (Å²) < 4.78 is 11.6. The van der Waals surface area contributed by atoms with Crippen LogP contribution in [0.2, 0.25) is 5.02 Å². The first-order chi connectivity index (χ1) is 19.8.